The molecular formula is C27H24N2O7S. The molecule has 0 fully saturated rings. The number of benzene rings is 3. The van der Waals surface area contributed by atoms with E-state index in [1.165, 1.54) is 13.2 Å². The van der Waals surface area contributed by atoms with Gasteiger partial charge in [-0.15, -0.1) is 0 Å². The number of methoxy groups -OCH3 is 1. The van der Waals surface area contributed by atoms with E-state index in [1.807, 2.05) is 6.92 Å². The van der Waals surface area contributed by atoms with Crippen LogP contribution in [0.2, 0.25) is 0 Å². The second-order valence-electron chi connectivity index (χ2n) is 8.67. The summed E-state index contributed by atoms with van der Waals surface area (Å²) in [5.74, 6) is -0.949. The van der Waals surface area contributed by atoms with Gasteiger partial charge in [0.1, 0.15) is 10.6 Å². The van der Waals surface area contributed by atoms with Crippen LogP contribution in [0.5, 0.6) is 17.2 Å². The molecule has 2 atom stereocenters. The fourth-order valence-corrected chi connectivity index (χ4v) is 5.40. The number of carboxylic acids is 1. The second kappa shape index (κ2) is 9.62. The van der Waals surface area contributed by atoms with Crippen LogP contribution in [-0.4, -0.2) is 39.7 Å². The van der Waals surface area contributed by atoms with Gasteiger partial charge in [0.05, 0.1) is 18.6 Å². The molecule has 2 heterocycles. The van der Waals surface area contributed by atoms with Crippen LogP contribution in [0.3, 0.4) is 0 Å². The van der Waals surface area contributed by atoms with Crippen molar-refractivity contribution in [2.75, 3.05) is 13.9 Å². The highest BCUT2D eigenvalue weighted by atomic mass is 32.2. The van der Waals surface area contributed by atoms with E-state index in [-0.39, 0.29) is 12.4 Å². The highest BCUT2D eigenvalue weighted by Crippen LogP contribution is 2.39. The molecule has 0 saturated heterocycles. The fourth-order valence-electron chi connectivity index (χ4n) is 4.48. The molecule has 4 aromatic rings. The van der Waals surface area contributed by atoms with Gasteiger partial charge in [-0.05, 0) is 60.0 Å². The van der Waals surface area contributed by atoms with Crippen molar-refractivity contribution in [1.29, 1.82) is 0 Å². The summed E-state index contributed by atoms with van der Waals surface area (Å²) in [6, 6.07) is 15.2. The number of aromatic carboxylic acids is 1. The zero-order chi connectivity index (χ0) is 26.3. The Labute approximate surface area is 215 Å². The van der Waals surface area contributed by atoms with Crippen molar-refractivity contribution < 1.29 is 33.1 Å². The molecule has 5 rings (SSSR count). The Hall–Kier alpha value is -4.31. The Bertz CT molecular complexity index is 1580. The molecule has 1 aromatic heterocycles. The van der Waals surface area contributed by atoms with Crippen LogP contribution in [0.25, 0.3) is 10.9 Å². The minimum atomic E-state index is -1.90. The van der Waals surface area contributed by atoms with Gasteiger partial charge in [0, 0.05) is 24.1 Å². The lowest BCUT2D eigenvalue weighted by atomic mass is 9.90. The molecular weight excluding hydrogens is 496 g/mol. The third-order valence-electron chi connectivity index (χ3n) is 6.28. The first-order valence-electron chi connectivity index (χ1n) is 11.4. The molecule has 0 aliphatic carbocycles. The van der Waals surface area contributed by atoms with Gasteiger partial charge in [-0.3, -0.25) is 9.52 Å². The molecule has 3 aromatic carbocycles. The number of carbonyl (C=O) groups excluding carboxylic acids is 1. The lowest BCUT2D eigenvalue weighted by Gasteiger charge is -2.18. The van der Waals surface area contributed by atoms with Crippen LogP contribution in [0, 0.1) is 6.92 Å². The number of fused-ring (bicyclic) bond motifs is 2. The maximum absolute atomic E-state index is 13.8. The van der Waals surface area contributed by atoms with Crippen molar-refractivity contribution in [2.24, 2.45) is 7.05 Å². The monoisotopic (exact) mass is 520 g/mol. The molecule has 0 spiro atoms. The SMILES string of the molecule is COc1cc(C)ccc1S(=O)NC(=O)[C@@H](c1ccc2c(c1)OCO2)c1cn(C)c2cc(C(=O)O)ccc12. The smallest absolute Gasteiger partial charge is 0.335 e. The van der Waals surface area contributed by atoms with Crippen LogP contribution >= 0.6 is 0 Å². The molecule has 1 unspecified atom stereocenters. The Kier molecular flexibility index (Phi) is 6.34. The van der Waals surface area contributed by atoms with Gasteiger partial charge in [-0.1, -0.05) is 18.2 Å². The van der Waals surface area contributed by atoms with E-state index in [9.17, 15) is 18.9 Å². The first-order valence-corrected chi connectivity index (χ1v) is 12.5. The number of carbonyl (C=O) groups is 2. The molecule has 0 radical (unpaired) electrons. The van der Waals surface area contributed by atoms with Crippen molar-refractivity contribution in [3.05, 3.63) is 83.0 Å². The van der Waals surface area contributed by atoms with Crippen molar-refractivity contribution in [2.45, 2.75) is 17.7 Å². The molecule has 2 N–H and O–H groups in total. The molecule has 0 saturated carbocycles. The summed E-state index contributed by atoms with van der Waals surface area (Å²) in [6.45, 7) is 1.97. The predicted octanol–water partition coefficient (Wildman–Crippen LogP) is 3.89. The van der Waals surface area contributed by atoms with E-state index < -0.39 is 28.8 Å². The summed E-state index contributed by atoms with van der Waals surface area (Å²) >= 11 is 0. The number of hydrogen-bond acceptors (Lipinski definition) is 6. The number of nitrogens with one attached hydrogen (secondary N) is 1. The maximum atomic E-state index is 13.8. The van der Waals surface area contributed by atoms with Crippen molar-refractivity contribution >= 4 is 33.8 Å². The molecule has 1 aliphatic heterocycles. The average Bonchev–Trinajstić information content (AvgIpc) is 3.47. The molecule has 10 heteroatoms. The van der Waals surface area contributed by atoms with Crippen molar-refractivity contribution in [1.82, 2.24) is 9.29 Å². The van der Waals surface area contributed by atoms with Gasteiger partial charge < -0.3 is 23.9 Å². The first-order chi connectivity index (χ1) is 17.8. The summed E-state index contributed by atoms with van der Waals surface area (Å²) in [5, 5.41) is 10.1. The zero-order valence-electron chi connectivity index (χ0n) is 20.3. The Morgan fingerprint density at radius 1 is 1.08 bits per heavy atom. The standard InChI is InChI=1S/C27H24N2O7S/c1-15-4-9-24(23(10-15)34-3)37(33)28-26(30)25(16-6-8-21-22(12-16)36-14-35-21)19-13-29(2)20-11-17(27(31)32)5-7-18(19)20/h4-13,25H,14H2,1-3H3,(H,28,30)(H,31,32)/t25-,37?/m0/s1. The van der Waals surface area contributed by atoms with Crippen LogP contribution in [0.15, 0.2) is 65.7 Å². The lowest BCUT2D eigenvalue weighted by Crippen LogP contribution is -2.31. The highest BCUT2D eigenvalue weighted by molar-refractivity contribution is 7.83. The summed E-state index contributed by atoms with van der Waals surface area (Å²) in [4.78, 5) is 25.7. The normalized spacial score (nSPS) is 13.8. The number of carboxylic acid groups (broad SMARTS) is 1. The molecule has 9 nitrogen and oxygen atoms in total. The van der Waals surface area contributed by atoms with E-state index in [0.29, 0.717) is 44.2 Å². The third-order valence-corrected chi connectivity index (χ3v) is 7.41. The molecule has 1 aliphatic rings. The number of amides is 1. The van der Waals surface area contributed by atoms with Gasteiger partial charge in [-0.25, -0.2) is 9.00 Å². The summed E-state index contributed by atoms with van der Waals surface area (Å²) in [6.07, 6.45) is 1.78. The number of hydrogen-bond donors (Lipinski definition) is 2. The van der Waals surface area contributed by atoms with E-state index in [1.54, 1.807) is 66.3 Å². The largest absolute Gasteiger partial charge is 0.495 e. The minimum absolute atomic E-state index is 0.0825. The van der Waals surface area contributed by atoms with Crippen LogP contribution < -0.4 is 18.9 Å². The van der Waals surface area contributed by atoms with Gasteiger partial charge in [0.25, 0.3) is 0 Å². The quantitative estimate of drug-likeness (QED) is 0.380. The summed E-state index contributed by atoms with van der Waals surface area (Å²) < 4.78 is 34.0. The number of nitrogens with zero attached hydrogens (tertiary/aromatic N) is 1. The molecule has 1 amide bonds. The summed E-state index contributed by atoms with van der Waals surface area (Å²) in [5.41, 5.74) is 2.94. The van der Waals surface area contributed by atoms with Crippen LogP contribution in [-0.2, 0) is 22.8 Å². The van der Waals surface area contributed by atoms with Gasteiger partial charge >= 0.3 is 5.97 Å². The number of aryl methyl sites for hydroxylation is 2. The lowest BCUT2D eigenvalue weighted by molar-refractivity contribution is -0.119. The molecule has 37 heavy (non-hydrogen) atoms. The Balaban J connectivity index is 1.59. The second-order valence-corrected chi connectivity index (χ2v) is 9.85. The minimum Gasteiger partial charge on any atom is -0.495 e. The predicted molar refractivity (Wildman–Crippen MR) is 137 cm³/mol. The van der Waals surface area contributed by atoms with Crippen LogP contribution in [0.1, 0.15) is 33.0 Å². The number of aromatic nitrogens is 1. The average molecular weight is 521 g/mol. The molecule has 190 valence electrons. The van der Waals surface area contributed by atoms with E-state index in [4.69, 9.17) is 14.2 Å². The fraction of sp³-hybridized carbons (Fsp3) is 0.185. The zero-order valence-corrected chi connectivity index (χ0v) is 21.1. The summed E-state index contributed by atoms with van der Waals surface area (Å²) in [7, 11) is 1.36. The van der Waals surface area contributed by atoms with Crippen LogP contribution in [0.4, 0.5) is 0 Å². The van der Waals surface area contributed by atoms with Gasteiger partial charge in [-0.2, -0.15) is 0 Å². The van der Waals surface area contributed by atoms with E-state index >= 15 is 0 Å². The molecule has 0 bridgehead atoms. The van der Waals surface area contributed by atoms with E-state index in [0.717, 1.165) is 5.56 Å². The van der Waals surface area contributed by atoms with Crippen molar-refractivity contribution in [3.63, 3.8) is 0 Å². The Morgan fingerprint density at radius 3 is 2.62 bits per heavy atom. The third kappa shape index (κ3) is 4.51. The van der Waals surface area contributed by atoms with Gasteiger partial charge in [0.2, 0.25) is 12.7 Å². The highest BCUT2D eigenvalue weighted by Gasteiger charge is 2.30. The Morgan fingerprint density at radius 2 is 1.86 bits per heavy atom. The maximum Gasteiger partial charge on any atom is 0.335 e. The van der Waals surface area contributed by atoms with Crippen molar-refractivity contribution in [3.8, 4) is 17.2 Å². The number of rotatable bonds is 7. The topological polar surface area (TPSA) is 116 Å². The van der Waals surface area contributed by atoms with E-state index in [2.05, 4.69) is 4.72 Å². The van der Waals surface area contributed by atoms with Gasteiger partial charge in [0.15, 0.2) is 22.5 Å². The first kappa shape index (κ1) is 24.4. The number of ether oxygens (including phenoxy) is 3.